The summed E-state index contributed by atoms with van der Waals surface area (Å²) in [5.41, 5.74) is 1.16. The summed E-state index contributed by atoms with van der Waals surface area (Å²) >= 11 is 6.15. The highest BCUT2D eigenvalue weighted by atomic mass is 35.5. The lowest BCUT2D eigenvalue weighted by Crippen LogP contribution is -2.40. The molecule has 0 radical (unpaired) electrons. The van der Waals surface area contributed by atoms with Gasteiger partial charge in [-0.1, -0.05) is 31.5 Å². The molecule has 1 aromatic carbocycles. The van der Waals surface area contributed by atoms with Gasteiger partial charge in [-0.25, -0.2) is 0 Å². The van der Waals surface area contributed by atoms with Crippen LogP contribution in [0.1, 0.15) is 32.3 Å². The van der Waals surface area contributed by atoms with Gasteiger partial charge in [0.05, 0.1) is 10.9 Å². The van der Waals surface area contributed by atoms with Gasteiger partial charge in [-0.2, -0.15) is 0 Å². The Morgan fingerprint density at radius 1 is 1.36 bits per heavy atom. The lowest BCUT2D eigenvalue weighted by molar-refractivity contribution is -0.149. The second kappa shape index (κ2) is 7.07. The molecule has 0 saturated heterocycles. The summed E-state index contributed by atoms with van der Waals surface area (Å²) in [6.45, 7) is 4.80. The summed E-state index contributed by atoms with van der Waals surface area (Å²) < 4.78 is 0. The van der Waals surface area contributed by atoms with Crippen LogP contribution in [-0.2, 0) is 11.3 Å². The fraction of sp³-hybridized carbons (Fsp3) is 0.412. The Morgan fingerprint density at radius 2 is 2.09 bits per heavy atom. The summed E-state index contributed by atoms with van der Waals surface area (Å²) in [4.78, 5) is 15.9. The first kappa shape index (κ1) is 16.7. The van der Waals surface area contributed by atoms with Gasteiger partial charge in [0.15, 0.2) is 0 Å². The van der Waals surface area contributed by atoms with Crippen molar-refractivity contribution >= 4 is 28.5 Å². The average molecular weight is 321 g/mol. The van der Waals surface area contributed by atoms with Crippen molar-refractivity contribution in [2.45, 2.75) is 33.2 Å². The van der Waals surface area contributed by atoms with Crippen molar-refractivity contribution in [3.63, 3.8) is 0 Å². The molecule has 0 spiro atoms. The molecule has 0 aliphatic rings. The Kier molecular flexibility index (Phi) is 5.37. The van der Waals surface area contributed by atoms with E-state index in [2.05, 4.69) is 10.3 Å². The topological polar surface area (TPSA) is 62.2 Å². The minimum atomic E-state index is -0.751. The normalized spacial score (nSPS) is 11.8. The first-order valence-electron chi connectivity index (χ1n) is 7.49. The fourth-order valence-electron chi connectivity index (χ4n) is 2.68. The first-order valence-corrected chi connectivity index (χ1v) is 7.87. The third-order valence-electron chi connectivity index (χ3n) is 4.33. The van der Waals surface area contributed by atoms with Crippen LogP contribution in [0, 0.1) is 5.41 Å². The van der Waals surface area contributed by atoms with E-state index in [9.17, 15) is 9.90 Å². The van der Waals surface area contributed by atoms with Crippen LogP contribution in [0.15, 0.2) is 30.5 Å². The number of carboxylic acids is 1. The van der Waals surface area contributed by atoms with E-state index in [1.165, 1.54) is 0 Å². The van der Waals surface area contributed by atoms with E-state index in [0.29, 0.717) is 31.0 Å². The second-order valence-electron chi connectivity index (χ2n) is 5.54. The molecule has 0 aliphatic heterocycles. The maximum absolute atomic E-state index is 11.5. The molecule has 2 rings (SSSR count). The summed E-state index contributed by atoms with van der Waals surface area (Å²) in [6, 6.07) is 7.61. The Balaban J connectivity index is 2.17. The number of aromatic nitrogens is 1. The minimum absolute atomic E-state index is 0.427. The summed E-state index contributed by atoms with van der Waals surface area (Å²) in [7, 11) is 0. The molecule has 0 unspecified atom stereocenters. The first-order chi connectivity index (χ1) is 10.5. The third kappa shape index (κ3) is 3.39. The largest absolute Gasteiger partial charge is 0.481 e. The Labute approximate surface area is 135 Å². The number of aliphatic carboxylic acids is 1. The van der Waals surface area contributed by atoms with Crippen LogP contribution in [0.25, 0.3) is 10.9 Å². The van der Waals surface area contributed by atoms with E-state index in [0.717, 1.165) is 16.5 Å². The number of benzene rings is 1. The van der Waals surface area contributed by atoms with Gasteiger partial charge in [0.2, 0.25) is 0 Å². The van der Waals surface area contributed by atoms with Crippen LogP contribution >= 0.6 is 11.6 Å². The maximum atomic E-state index is 11.5. The monoisotopic (exact) mass is 320 g/mol. The molecule has 0 saturated carbocycles. The van der Waals surface area contributed by atoms with Gasteiger partial charge in [-0.05, 0) is 36.6 Å². The predicted octanol–water partition coefficient (Wildman–Crippen LogP) is 3.87. The van der Waals surface area contributed by atoms with E-state index in [-0.39, 0.29) is 0 Å². The number of pyridine rings is 1. The molecule has 118 valence electrons. The van der Waals surface area contributed by atoms with E-state index in [1.807, 2.05) is 38.1 Å². The van der Waals surface area contributed by atoms with Crippen LogP contribution < -0.4 is 5.32 Å². The van der Waals surface area contributed by atoms with Crippen molar-refractivity contribution in [2.24, 2.45) is 5.41 Å². The summed E-state index contributed by atoms with van der Waals surface area (Å²) in [6.07, 6.45) is 2.94. The van der Waals surface area contributed by atoms with Gasteiger partial charge in [0.25, 0.3) is 0 Å². The van der Waals surface area contributed by atoms with Crippen molar-refractivity contribution in [3.8, 4) is 0 Å². The van der Waals surface area contributed by atoms with E-state index < -0.39 is 11.4 Å². The number of nitrogens with one attached hydrogen (secondary N) is 1. The molecular weight excluding hydrogens is 300 g/mol. The number of rotatable bonds is 7. The fourth-order valence-corrected chi connectivity index (χ4v) is 2.93. The van der Waals surface area contributed by atoms with Gasteiger partial charge in [-0.15, -0.1) is 0 Å². The Morgan fingerprint density at radius 3 is 2.73 bits per heavy atom. The summed E-state index contributed by atoms with van der Waals surface area (Å²) in [5, 5.41) is 14.4. The van der Waals surface area contributed by atoms with Crippen molar-refractivity contribution in [3.05, 3.63) is 41.0 Å². The van der Waals surface area contributed by atoms with Crippen LogP contribution in [0.3, 0.4) is 0 Å². The quantitative estimate of drug-likeness (QED) is 0.813. The molecule has 0 amide bonds. The zero-order chi connectivity index (χ0) is 16.2. The van der Waals surface area contributed by atoms with Gasteiger partial charge in [-0.3, -0.25) is 9.78 Å². The standard InChI is InChI=1S/C17H21ClN2O2/c1-3-17(4-2,16(21)22)11-19-10-13-9-14(18)8-12-6-5-7-20-15(12)13/h5-9,19H,3-4,10-11H2,1-2H3,(H,21,22). The number of carboxylic acid groups (broad SMARTS) is 1. The van der Waals surface area contributed by atoms with Crippen molar-refractivity contribution < 1.29 is 9.90 Å². The lowest BCUT2D eigenvalue weighted by atomic mass is 9.82. The Hall–Kier alpha value is -1.65. The molecule has 1 heterocycles. The molecule has 4 nitrogen and oxygen atoms in total. The van der Waals surface area contributed by atoms with Crippen LogP contribution in [-0.4, -0.2) is 22.6 Å². The highest BCUT2D eigenvalue weighted by Crippen LogP contribution is 2.26. The number of carbonyl (C=O) groups is 1. The van der Waals surface area contributed by atoms with Crippen molar-refractivity contribution in [1.29, 1.82) is 0 Å². The second-order valence-corrected chi connectivity index (χ2v) is 5.97. The highest BCUT2D eigenvalue weighted by Gasteiger charge is 2.34. The SMILES string of the molecule is CCC(CC)(CNCc1cc(Cl)cc2cccnc12)C(=O)O. The molecule has 2 N–H and O–H groups in total. The van der Waals surface area contributed by atoms with Crippen LogP contribution in [0.5, 0.6) is 0 Å². The van der Waals surface area contributed by atoms with Crippen LogP contribution in [0.2, 0.25) is 5.02 Å². The van der Waals surface area contributed by atoms with Gasteiger partial charge < -0.3 is 10.4 Å². The van der Waals surface area contributed by atoms with Crippen LogP contribution in [0.4, 0.5) is 0 Å². The molecule has 22 heavy (non-hydrogen) atoms. The Bertz CT molecular complexity index is 669. The van der Waals surface area contributed by atoms with E-state index in [4.69, 9.17) is 11.6 Å². The number of fused-ring (bicyclic) bond motifs is 1. The number of hydrogen-bond acceptors (Lipinski definition) is 3. The highest BCUT2D eigenvalue weighted by molar-refractivity contribution is 6.31. The molecule has 0 fully saturated rings. The molecule has 0 aliphatic carbocycles. The van der Waals surface area contributed by atoms with Crippen molar-refractivity contribution in [1.82, 2.24) is 10.3 Å². The summed E-state index contributed by atoms with van der Waals surface area (Å²) in [5.74, 6) is -0.751. The molecule has 0 bridgehead atoms. The van der Waals surface area contributed by atoms with E-state index in [1.54, 1.807) is 6.20 Å². The smallest absolute Gasteiger partial charge is 0.310 e. The number of hydrogen-bond donors (Lipinski definition) is 2. The average Bonchev–Trinajstić information content (AvgIpc) is 2.51. The molecule has 0 atom stereocenters. The lowest BCUT2D eigenvalue weighted by Gasteiger charge is -2.27. The van der Waals surface area contributed by atoms with E-state index >= 15 is 0 Å². The number of halogens is 1. The third-order valence-corrected chi connectivity index (χ3v) is 4.55. The maximum Gasteiger partial charge on any atom is 0.310 e. The predicted molar refractivity (Wildman–Crippen MR) is 89.1 cm³/mol. The van der Waals surface area contributed by atoms with Gasteiger partial charge in [0, 0.05) is 29.7 Å². The number of nitrogens with zero attached hydrogens (tertiary/aromatic N) is 1. The molecular formula is C17H21ClN2O2. The van der Waals surface area contributed by atoms with Gasteiger partial charge in [0.1, 0.15) is 0 Å². The zero-order valence-corrected chi connectivity index (χ0v) is 13.7. The molecule has 2 aromatic rings. The molecule has 5 heteroatoms. The van der Waals surface area contributed by atoms with Crippen molar-refractivity contribution in [2.75, 3.05) is 6.54 Å². The molecule has 1 aromatic heterocycles. The minimum Gasteiger partial charge on any atom is -0.481 e. The zero-order valence-electron chi connectivity index (χ0n) is 12.9. The van der Waals surface area contributed by atoms with Gasteiger partial charge >= 0.3 is 5.97 Å².